The maximum atomic E-state index is 13.0. The molecule has 7 nitrogen and oxygen atoms in total. The summed E-state index contributed by atoms with van der Waals surface area (Å²) in [5, 5.41) is 2.86. The molecular weight excluding hydrogens is 398 g/mol. The Bertz CT molecular complexity index is 851. The Kier molecular flexibility index (Phi) is 6.67. The van der Waals surface area contributed by atoms with Gasteiger partial charge in [-0.25, -0.2) is 8.42 Å². The van der Waals surface area contributed by atoms with E-state index < -0.39 is 10.0 Å². The second-order valence-corrected chi connectivity index (χ2v) is 10.2. The Balaban J connectivity index is 1.88. The Morgan fingerprint density at radius 3 is 2.64 bits per heavy atom. The van der Waals surface area contributed by atoms with Crippen LogP contribution in [0.3, 0.4) is 0 Å². The highest BCUT2D eigenvalue weighted by Crippen LogP contribution is 2.37. The molecule has 28 heavy (non-hydrogen) atoms. The Labute approximate surface area is 170 Å². The third-order valence-electron chi connectivity index (χ3n) is 5.15. The van der Waals surface area contributed by atoms with Gasteiger partial charge in [0.2, 0.25) is 21.8 Å². The van der Waals surface area contributed by atoms with Crippen LogP contribution in [0.15, 0.2) is 28.0 Å². The van der Waals surface area contributed by atoms with Gasteiger partial charge in [-0.2, -0.15) is 4.31 Å². The molecule has 1 N–H and O–H groups in total. The molecule has 1 fully saturated rings. The minimum atomic E-state index is -3.60. The van der Waals surface area contributed by atoms with Crippen molar-refractivity contribution in [3.05, 3.63) is 18.2 Å². The number of sulfonamides is 1. The first-order chi connectivity index (χ1) is 13.3. The fourth-order valence-electron chi connectivity index (χ4n) is 3.34. The SMILES string of the molecule is CCC(C)NC(=O)CN1C(=O)CSc2ccc(S(=O)(=O)N3CCCCC3)cc21. The zero-order valence-electron chi connectivity index (χ0n) is 16.3. The summed E-state index contributed by atoms with van der Waals surface area (Å²) in [7, 11) is -3.60. The summed E-state index contributed by atoms with van der Waals surface area (Å²) in [6.45, 7) is 4.82. The van der Waals surface area contributed by atoms with Crippen LogP contribution in [0.25, 0.3) is 0 Å². The number of benzene rings is 1. The van der Waals surface area contributed by atoms with Crippen LogP contribution < -0.4 is 10.2 Å². The summed E-state index contributed by atoms with van der Waals surface area (Å²) in [6.07, 6.45) is 3.56. The first-order valence-corrected chi connectivity index (χ1v) is 12.1. The minimum Gasteiger partial charge on any atom is -0.352 e. The minimum absolute atomic E-state index is 0.0204. The summed E-state index contributed by atoms with van der Waals surface area (Å²) in [4.78, 5) is 27.2. The predicted molar refractivity (Wildman–Crippen MR) is 110 cm³/mol. The van der Waals surface area contributed by atoms with Gasteiger partial charge >= 0.3 is 0 Å². The smallest absolute Gasteiger partial charge is 0.243 e. The highest BCUT2D eigenvalue weighted by atomic mass is 32.2. The lowest BCUT2D eigenvalue weighted by Crippen LogP contribution is -2.45. The van der Waals surface area contributed by atoms with Crippen molar-refractivity contribution in [3.63, 3.8) is 0 Å². The molecule has 0 bridgehead atoms. The average Bonchev–Trinajstić information content (AvgIpc) is 2.70. The molecule has 9 heteroatoms. The summed E-state index contributed by atoms with van der Waals surface area (Å²) >= 11 is 1.37. The number of fused-ring (bicyclic) bond motifs is 1. The van der Waals surface area contributed by atoms with E-state index in [1.807, 2.05) is 13.8 Å². The molecule has 2 heterocycles. The molecule has 1 aromatic carbocycles. The van der Waals surface area contributed by atoms with Crippen LogP contribution in [0.2, 0.25) is 0 Å². The number of nitrogens with zero attached hydrogens (tertiary/aromatic N) is 2. The van der Waals surface area contributed by atoms with E-state index in [1.54, 1.807) is 18.2 Å². The van der Waals surface area contributed by atoms with Crippen LogP contribution in [0.4, 0.5) is 5.69 Å². The van der Waals surface area contributed by atoms with Gasteiger partial charge in [0.15, 0.2) is 0 Å². The number of rotatable bonds is 6. The molecule has 1 saturated heterocycles. The lowest BCUT2D eigenvalue weighted by Gasteiger charge is -2.30. The zero-order valence-corrected chi connectivity index (χ0v) is 17.9. The van der Waals surface area contributed by atoms with Gasteiger partial charge in [-0.05, 0) is 44.4 Å². The molecule has 1 atom stereocenters. The number of hydrogen-bond donors (Lipinski definition) is 1. The fraction of sp³-hybridized carbons (Fsp3) is 0.579. The molecule has 0 aliphatic carbocycles. The lowest BCUT2D eigenvalue weighted by molar-refractivity contribution is -0.123. The molecule has 2 aliphatic heterocycles. The van der Waals surface area contributed by atoms with Gasteiger partial charge in [0.25, 0.3) is 0 Å². The Morgan fingerprint density at radius 2 is 1.96 bits per heavy atom. The second-order valence-electron chi connectivity index (χ2n) is 7.24. The third kappa shape index (κ3) is 4.52. The van der Waals surface area contributed by atoms with Gasteiger partial charge in [-0.3, -0.25) is 9.59 Å². The van der Waals surface area contributed by atoms with Crippen LogP contribution in [0.5, 0.6) is 0 Å². The van der Waals surface area contributed by atoms with Crippen LogP contribution in [-0.2, 0) is 19.6 Å². The maximum absolute atomic E-state index is 13.0. The molecule has 154 valence electrons. The number of carbonyl (C=O) groups excluding carboxylic acids is 2. The average molecular weight is 426 g/mol. The second kappa shape index (κ2) is 8.84. The number of amides is 2. The maximum Gasteiger partial charge on any atom is 0.243 e. The summed E-state index contributed by atoms with van der Waals surface area (Å²) in [5.41, 5.74) is 0.499. The van der Waals surface area contributed by atoms with Gasteiger partial charge in [0.1, 0.15) is 6.54 Å². The van der Waals surface area contributed by atoms with Crippen LogP contribution in [0.1, 0.15) is 39.5 Å². The summed E-state index contributed by atoms with van der Waals surface area (Å²) < 4.78 is 27.5. The largest absolute Gasteiger partial charge is 0.352 e. The van der Waals surface area contributed by atoms with Crippen molar-refractivity contribution in [2.75, 3.05) is 30.3 Å². The Hall–Kier alpha value is -1.58. The number of anilines is 1. The molecule has 3 rings (SSSR count). The number of carbonyl (C=O) groups is 2. The van der Waals surface area contributed by atoms with Gasteiger partial charge in [-0.1, -0.05) is 13.3 Å². The molecule has 2 aliphatic rings. The predicted octanol–water partition coefficient (Wildman–Crippen LogP) is 2.21. The van der Waals surface area contributed by atoms with Gasteiger partial charge in [0, 0.05) is 24.0 Å². The Morgan fingerprint density at radius 1 is 1.25 bits per heavy atom. The van der Waals surface area contributed by atoms with Crippen molar-refractivity contribution >= 4 is 39.3 Å². The molecule has 0 spiro atoms. The summed E-state index contributed by atoms with van der Waals surface area (Å²) in [5.74, 6) is -0.198. The number of nitrogens with one attached hydrogen (secondary N) is 1. The highest BCUT2D eigenvalue weighted by Gasteiger charge is 2.31. The third-order valence-corrected chi connectivity index (χ3v) is 8.09. The van der Waals surface area contributed by atoms with E-state index in [1.165, 1.54) is 21.0 Å². The van der Waals surface area contributed by atoms with Crippen molar-refractivity contribution < 1.29 is 18.0 Å². The van der Waals surface area contributed by atoms with Crippen molar-refractivity contribution in [2.45, 2.75) is 55.4 Å². The fourth-order valence-corrected chi connectivity index (χ4v) is 5.79. The van der Waals surface area contributed by atoms with Gasteiger partial charge in [-0.15, -0.1) is 11.8 Å². The summed E-state index contributed by atoms with van der Waals surface area (Å²) in [6, 6.07) is 4.90. The molecule has 2 amide bonds. The zero-order chi connectivity index (χ0) is 20.3. The number of piperidine rings is 1. The van der Waals surface area contributed by atoms with Crippen molar-refractivity contribution in [1.29, 1.82) is 0 Å². The van der Waals surface area contributed by atoms with Gasteiger partial charge in [0.05, 0.1) is 16.3 Å². The van der Waals surface area contributed by atoms with E-state index in [0.717, 1.165) is 30.6 Å². The van der Waals surface area contributed by atoms with E-state index in [-0.39, 0.29) is 35.0 Å². The normalized spacial score (nSPS) is 19.2. The van der Waals surface area contributed by atoms with E-state index in [0.29, 0.717) is 18.8 Å². The molecule has 0 aromatic heterocycles. The van der Waals surface area contributed by atoms with Gasteiger partial charge < -0.3 is 10.2 Å². The molecule has 0 radical (unpaired) electrons. The topological polar surface area (TPSA) is 86.8 Å². The van der Waals surface area contributed by atoms with E-state index in [4.69, 9.17) is 0 Å². The van der Waals surface area contributed by atoms with Crippen LogP contribution in [0, 0.1) is 0 Å². The molecular formula is C19H27N3O4S2. The van der Waals surface area contributed by atoms with Crippen LogP contribution in [-0.4, -0.2) is 56.0 Å². The number of hydrogen-bond acceptors (Lipinski definition) is 5. The monoisotopic (exact) mass is 425 g/mol. The molecule has 1 aromatic rings. The van der Waals surface area contributed by atoms with E-state index >= 15 is 0 Å². The van der Waals surface area contributed by atoms with Crippen LogP contribution >= 0.6 is 11.8 Å². The lowest BCUT2D eigenvalue weighted by atomic mass is 10.2. The van der Waals surface area contributed by atoms with Crippen molar-refractivity contribution in [2.24, 2.45) is 0 Å². The van der Waals surface area contributed by atoms with E-state index in [2.05, 4.69) is 5.32 Å². The van der Waals surface area contributed by atoms with E-state index in [9.17, 15) is 18.0 Å². The highest BCUT2D eigenvalue weighted by molar-refractivity contribution is 8.00. The number of thioether (sulfide) groups is 1. The molecule has 1 unspecified atom stereocenters. The van der Waals surface area contributed by atoms with Crippen molar-refractivity contribution in [3.8, 4) is 0 Å². The van der Waals surface area contributed by atoms with Crippen molar-refractivity contribution in [1.82, 2.24) is 9.62 Å². The molecule has 0 saturated carbocycles. The standard InChI is InChI=1S/C19H27N3O4S2/c1-3-14(2)20-18(23)12-22-16-11-15(7-8-17(16)27-13-19(22)24)28(25,26)21-9-5-4-6-10-21/h7-8,11,14H,3-6,9-10,12-13H2,1-2H3,(H,20,23). The first-order valence-electron chi connectivity index (χ1n) is 9.69. The quantitative estimate of drug-likeness (QED) is 0.755. The first kappa shape index (κ1) is 21.1.